The van der Waals surface area contributed by atoms with Crippen molar-refractivity contribution in [1.29, 1.82) is 0 Å². The van der Waals surface area contributed by atoms with Crippen molar-refractivity contribution in [2.24, 2.45) is 5.92 Å². The molecule has 1 atom stereocenters. The van der Waals surface area contributed by atoms with E-state index < -0.39 is 32.0 Å². The Labute approximate surface area is 126 Å². The lowest BCUT2D eigenvalue weighted by atomic mass is 10.1. The zero-order chi connectivity index (χ0) is 16.1. The molecular formula is C12H22O7S2. The summed E-state index contributed by atoms with van der Waals surface area (Å²) in [5, 5.41) is 0. The van der Waals surface area contributed by atoms with Crippen molar-refractivity contribution < 1.29 is 30.6 Å². The van der Waals surface area contributed by atoms with Gasteiger partial charge in [-0.15, -0.1) is 0 Å². The van der Waals surface area contributed by atoms with Crippen LogP contribution >= 0.6 is 0 Å². The van der Waals surface area contributed by atoms with E-state index in [2.05, 4.69) is 4.18 Å². The molecule has 124 valence electrons. The molecule has 0 aromatic heterocycles. The Hall–Kier alpha value is -0.670. The van der Waals surface area contributed by atoms with E-state index in [1.807, 2.05) is 0 Å². The van der Waals surface area contributed by atoms with Crippen LogP contribution in [0.15, 0.2) is 0 Å². The predicted octanol–water partition coefficient (Wildman–Crippen LogP) is 0.499. The van der Waals surface area contributed by atoms with Gasteiger partial charge in [-0.25, -0.2) is 8.42 Å². The average molecular weight is 342 g/mol. The quantitative estimate of drug-likeness (QED) is 0.467. The number of carbonyl (C=O) groups is 1. The van der Waals surface area contributed by atoms with Gasteiger partial charge in [0.1, 0.15) is 22.5 Å². The molecule has 0 amide bonds. The van der Waals surface area contributed by atoms with E-state index in [9.17, 15) is 21.6 Å². The molecule has 0 spiro atoms. The number of esters is 1. The molecule has 0 heterocycles. The van der Waals surface area contributed by atoms with E-state index in [0.717, 1.165) is 38.2 Å². The van der Waals surface area contributed by atoms with Crippen LogP contribution in [0.3, 0.4) is 0 Å². The highest BCUT2D eigenvalue weighted by atomic mass is 32.2. The monoisotopic (exact) mass is 342 g/mol. The Morgan fingerprint density at radius 3 is 2.19 bits per heavy atom. The lowest BCUT2D eigenvalue weighted by Crippen LogP contribution is -2.29. The Morgan fingerprint density at radius 2 is 1.71 bits per heavy atom. The van der Waals surface area contributed by atoms with Gasteiger partial charge in [0.05, 0.1) is 17.9 Å². The summed E-state index contributed by atoms with van der Waals surface area (Å²) in [6.07, 6.45) is 4.55. The van der Waals surface area contributed by atoms with Gasteiger partial charge < -0.3 is 4.74 Å². The molecule has 1 aliphatic rings. The van der Waals surface area contributed by atoms with Gasteiger partial charge in [0.2, 0.25) is 0 Å². The van der Waals surface area contributed by atoms with Crippen LogP contribution in [0.25, 0.3) is 0 Å². The molecule has 1 unspecified atom stereocenters. The maximum atomic E-state index is 11.9. The minimum atomic E-state index is -3.67. The first-order valence-corrected chi connectivity index (χ1v) is 10.7. The fourth-order valence-electron chi connectivity index (χ4n) is 2.14. The molecule has 1 saturated carbocycles. The van der Waals surface area contributed by atoms with E-state index in [4.69, 9.17) is 4.74 Å². The van der Waals surface area contributed by atoms with Gasteiger partial charge in [0.25, 0.3) is 10.1 Å². The van der Waals surface area contributed by atoms with E-state index in [-0.39, 0.29) is 24.7 Å². The standard InChI is InChI=1S/C12H22O7S2/c1-20(14,15)8-7-11(9-18-21(2,16)17)19-12(13)10-5-3-4-6-10/h10-11H,3-9H2,1-2H3. The molecule has 0 aromatic rings. The number of hydrogen-bond donors (Lipinski definition) is 0. The van der Waals surface area contributed by atoms with Gasteiger partial charge in [-0.05, 0) is 12.8 Å². The first kappa shape index (κ1) is 18.4. The highest BCUT2D eigenvalue weighted by molar-refractivity contribution is 7.90. The normalized spacial score (nSPS) is 18.6. The third kappa shape index (κ3) is 8.37. The molecule has 0 radical (unpaired) electrons. The molecule has 21 heavy (non-hydrogen) atoms. The number of sulfone groups is 1. The van der Waals surface area contributed by atoms with Gasteiger partial charge in [-0.1, -0.05) is 12.8 Å². The average Bonchev–Trinajstić information content (AvgIpc) is 2.84. The lowest BCUT2D eigenvalue weighted by Gasteiger charge is -2.19. The Balaban J connectivity index is 2.59. The maximum absolute atomic E-state index is 11.9. The van der Waals surface area contributed by atoms with Crippen molar-refractivity contribution in [2.75, 3.05) is 24.9 Å². The SMILES string of the molecule is CS(=O)(=O)CCC(COS(C)(=O)=O)OC(=O)C1CCCC1. The zero-order valence-electron chi connectivity index (χ0n) is 12.3. The smallest absolute Gasteiger partial charge is 0.309 e. The number of hydrogen-bond acceptors (Lipinski definition) is 7. The van der Waals surface area contributed by atoms with Crippen molar-refractivity contribution in [3.63, 3.8) is 0 Å². The van der Waals surface area contributed by atoms with E-state index in [1.54, 1.807) is 0 Å². The third-order valence-corrected chi connectivity index (χ3v) is 4.79. The second-order valence-electron chi connectivity index (χ2n) is 5.45. The second kappa shape index (κ2) is 7.55. The minimum absolute atomic E-state index is 0.0206. The molecule has 0 saturated heterocycles. The van der Waals surface area contributed by atoms with E-state index in [1.165, 1.54) is 0 Å². The topological polar surface area (TPSA) is 104 Å². The largest absolute Gasteiger partial charge is 0.460 e. The third-order valence-electron chi connectivity index (χ3n) is 3.25. The van der Waals surface area contributed by atoms with Crippen molar-refractivity contribution in [1.82, 2.24) is 0 Å². The van der Waals surface area contributed by atoms with Crippen LogP contribution in [0, 0.1) is 5.92 Å². The highest BCUT2D eigenvalue weighted by Gasteiger charge is 2.27. The number of rotatable bonds is 8. The first-order valence-electron chi connectivity index (χ1n) is 6.79. The Morgan fingerprint density at radius 1 is 1.14 bits per heavy atom. The van der Waals surface area contributed by atoms with Gasteiger partial charge in [-0.3, -0.25) is 8.98 Å². The molecular weight excluding hydrogens is 320 g/mol. The van der Waals surface area contributed by atoms with Crippen LogP contribution in [0.1, 0.15) is 32.1 Å². The minimum Gasteiger partial charge on any atom is -0.460 e. The van der Waals surface area contributed by atoms with Crippen molar-refractivity contribution in [3.8, 4) is 0 Å². The lowest BCUT2D eigenvalue weighted by molar-refractivity contribution is -0.155. The van der Waals surface area contributed by atoms with Crippen LogP contribution < -0.4 is 0 Å². The first-order chi connectivity index (χ1) is 9.57. The molecule has 1 rings (SSSR count). The summed E-state index contributed by atoms with van der Waals surface area (Å²) in [4.78, 5) is 11.9. The molecule has 1 aliphatic carbocycles. The molecule has 0 bridgehead atoms. The number of ether oxygens (including phenoxy) is 1. The highest BCUT2D eigenvalue weighted by Crippen LogP contribution is 2.26. The molecule has 7 nitrogen and oxygen atoms in total. The summed E-state index contributed by atoms with van der Waals surface area (Å²) in [7, 11) is -6.89. The zero-order valence-corrected chi connectivity index (χ0v) is 13.9. The van der Waals surface area contributed by atoms with Crippen LogP contribution in [-0.2, 0) is 33.7 Å². The van der Waals surface area contributed by atoms with Gasteiger partial charge in [0, 0.05) is 12.7 Å². The molecule has 0 aliphatic heterocycles. The van der Waals surface area contributed by atoms with Crippen molar-refractivity contribution in [3.05, 3.63) is 0 Å². The summed E-state index contributed by atoms with van der Waals surface area (Å²) >= 11 is 0. The van der Waals surface area contributed by atoms with Crippen LogP contribution in [0.4, 0.5) is 0 Å². The van der Waals surface area contributed by atoms with Crippen molar-refractivity contribution >= 4 is 25.9 Å². The van der Waals surface area contributed by atoms with Gasteiger partial charge in [0.15, 0.2) is 0 Å². The van der Waals surface area contributed by atoms with E-state index in [0.29, 0.717) is 0 Å². The van der Waals surface area contributed by atoms with Gasteiger partial charge >= 0.3 is 5.97 Å². The molecule has 0 aromatic carbocycles. The predicted molar refractivity (Wildman–Crippen MR) is 77.0 cm³/mol. The second-order valence-corrected chi connectivity index (χ2v) is 9.35. The summed E-state index contributed by atoms with van der Waals surface area (Å²) in [5.41, 5.74) is 0. The molecule has 9 heteroatoms. The summed E-state index contributed by atoms with van der Waals surface area (Å²) in [6, 6.07) is 0. The summed E-state index contributed by atoms with van der Waals surface area (Å²) in [5.74, 6) is -0.769. The fraction of sp³-hybridized carbons (Fsp3) is 0.917. The molecule has 1 fully saturated rings. The van der Waals surface area contributed by atoms with Crippen molar-refractivity contribution in [2.45, 2.75) is 38.2 Å². The summed E-state index contributed by atoms with van der Waals surface area (Å²) < 4.78 is 54.2. The fourth-order valence-corrected chi connectivity index (χ4v) is 3.23. The maximum Gasteiger partial charge on any atom is 0.309 e. The molecule has 0 N–H and O–H groups in total. The van der Waals surface area contributed by atoms with Crippen LogP contribution in [-0.4, -0.2) is 53.8 Å². The van der Waals surface area contributed by atoms with E-state index >= 15 is 0 Å². The Kier molecular flexibility index (Phi) is 6.61. The summed E-state index contributed by atoms with van der Waals surface area (Å²) in [6.45, 7) is -0.354. The number of carbonyl (C=O) groups excluding carboxylic acids is 1. The van der Waals surface area contributed by atoms with Crippen LogP contribution in [0.5, 0.6) is 0 Å². The van der Waals surface area contributed by atoms with Gasteiger partial charge in [-0.2, -0.15) is 8.42 Å². The Bertz CT molecular complexity index is 508. The van der Waals surface area contributed by atoms with Crippen LogP contribution in [0.2, 0.25) is 0 Å².